The van der Waals surface area contributed by atoms with Gasteiger partial charge < -0.3 is 10.1 Å². The van der Waals surface area contributed by atoms with Crippen LogP contribution in [-0.2, 0) is 6.42 Å². The van der Waals surface area contributed by atoms with Crippen molar-refractivity contribution in [3.63, 3.8) is 0 Å². The lowest BCUT2D eigenvalue weighted by molar-refractivity contribution is 0.350. The van der Waals surface area contributed by atoms with E-state index in [9.17, 15) is 0 Å². The van der Waals surface area contributed by atoms with Crippen LogP contribution < -0.4 is 10.1 Å². The number of aromatic nitrogens is 2. The maximum atomic E-state index is 5.43. The van der Waals surface area contributed by atoms with E-state index in [1.54, 1.807) is 0 Å². The zero-order valence-electron chi connectivity index (χ0n) is 10.5. The van der Waals surface area contributed by atoms with Crippen molar-refractivity contribution in [2.45, 2.75) is 33.1 Å². The molecule has 0 bridgehead atoms. The Morgan fingerprint density at radius 3 is 2.82 bits per heavy atom. The molecule has 0 saturated heterocycles. The minimum atomic E-state index is 0.237. The van der Waals surface area contributed by atoms with Crippen molar-refractivity contribution < 1.29 is 4.74 Å². The van der Waals surface area contributed by atoms with Crippen molar-refractivity contribution in [2.24, 2.45) is 0 Å². The monoisotopic (exact) mass is 233 g/mol. The normalized spacial score (nSPS) is 9.71. The first-order valence-corrected chi connectivity index (χ1v) is 5.97. The van der Waals surface area contributed by atoms with Gasteiger partial charge in [0.2, 0.25) is 5.88 Å². The highest BCUT2D eigenvalue weighted by Gasteiger charge is 2.11. The lowest BCUT2D eigenvalue weighted by Gasteiger charge is -2.12. The molecule has 0 radical (unpaired) electrons. The molecule has 0 aromatic carbocycles. The molecule has 0 aliphatic rings. The zero-order chi connectivity index (χ0) is 12.5. The van der Waals surface area contributed by atoms with E-state index >= 15 is 0 Å². The SMILES string of the molecule is C#CCOc1ncnc(NCCC)c1CCC. The molecular weight excluding hydrogens is 214 g/mol. The van der Waals surface area contributed by atoms with Crippen molar-refractivity contribution in [2.75, 3.05) is 18.5 Å². The topological polar surface area (TPSA) is 47.0 Å². The molecule has 0 spiro atoms. The number of hydrogen-bond donors (Lipinski definition) is 1. The van der Waals surface area contributed by atoms with Gasteiger partial charge in [-0.05, 0) is 12.8 Å². The molecule has 1 aromatic rings. The van der Waals surface area contributed by atoms with E-state index in [2.05, 4.69) is 35.1 Å². The number of nitrogens with zero attached hydrogens (tertiary/aromatic N) is 2. The Hall–Kier alpha value is -1.76. The van der Waals surface area contributed by atoms with Gasteiger partial charge >= 0.3 is 0 Å². The molecule has 0 unspecified atom stereocenters. The summed E-state index contributed by atoms with van der Waals surface area (Å²) in [6.07, 6.45) is 9.64. The Morgan fingerprint density at radius 2 is 2.18 bits per heavy atom. The van der Waals surface area contributed by atoms with Gasteiger partial charge in [-0.25, -0.2) is 9.97 Å². The third kappa shape index (κ3) is 3.95. The number of nitrogens with one attached hydrogen (secondary N) is 1. The summed E-state index contributed by atoms with van der Waals surface area (Å²) < 4.78 is 5.43. The summed E-state index contributed by atoms with van der Waals surface area (Å²) in [5.41, 5.74) is 1.01. The fourth-order valence-electron chi connectivity index (χ4n) is 1.50. The van der Waals surface area contributed by atoms with E-state index in [0.717, 1.165) is 37.2 Å². The van der Waals surface area contributed by atoms with E-state index in [4.69, 9.17) is 11.2 Å². The summed E-state index contributed by atoms with van der Waals surface area (Å²) in [6.45, 7) is 5.36. The van der Waals surface area contributed by atoms with E-state index in [0.29, 0.717) is 5.88 Å². The van der Waals surface area contributed by atoms with Gasteiger partial charge in [0.15, 0.2) is 6.61 Å². The maximum Gasteiger partial charge on any atom is 0.222 e. The first-order chi connectivity index (χ1) is 8.33. The van der Waals surface area contributed by atoms with E-state index in [1.807, 2.05) is 0 Å². The third-order valence-corrected chi connectivity index (χ3v) is 2.24. The molecule has 0 atom stereocenters. The van der Waals surface area contributed by atoms with Crippen LogP contribution in [0.3, 0.4) is 0 Å². The largest absolute Gasteiger partial charge is 0.464 e. The average Bonchev–Trinajstić information content (AvgIpc) is 2.36. The second-order valence-corrected chi connectivity index (χ2v) is 3.68. The maximum absolute atomic E-state index is 5.43. The van der Waals surface area contributed by atoms with Crippen LogP contribution in [0.5, 0.6) is 5.88 Å². The smallest absolute Gasteiger partial charge is 0.222 e. The van der Waals surface area contributed by atoms with E-state index in [1.165, 1.54) is 6.33 Å². The molecule has 1 rings (SSSR count). The molecule has 17 heavy (non-hydrogen) atoms. The van der Waals surface area contributed by atoms with Gasteiger partial charge in [0.05, 0.1) is 5.56 Å². The number of anilines is 1. The molecule has 0 saturated carbocycles. The van der Waals surface area contributed by atoms with Crippen molar-refractivity contribution >= 4 is 5.82 Å². The highest BCUT2D eigenvalue weighted by molar-refractivity contribution is 5.48. The summed E-state index contributed by atoms with van der Waals surface area (Å²) >= 11 is 0. The number of ether oxygens (including phenoxy) is 1. The Kier molecular flexibility index (Phi) is 5.87. The van der Waals surface area contributed by atoms with Gasteiger partial charge in [-0.3, -0.25) is 0 Å². The van der Waals surface area contributed by atoms with Crippen molar-refractivity contribution in [1.82, 2.24) is 9.97 Å². The molecular formula is C13H19N3O. The van der Waals surface area contributed by atoms with Gasteiger partial charge in [-0.15, -0.1) is 6.42 Å². The Bertz CT molecular complexity index is 385. The van der Waals surface area contributed by atoms with Crippen molar-refractivity contribution in [1.29, 1.82) is 0 Å². The van der Waals surface area contributed by atoms with Crippen LogP contribution in [0.25, 0.3) is 0 Å². The summed E-state index contributed by atoms with van der Waals surface area (Å²) in [5, 5.41) is 3.28. The second-order valence-electron chi connectivity index (χ2n) is 3.68. The fraction of sp³-hybridized carbons (Fsp3) is 0.538. The van der Waals surface area contributed by atoms with E-state index in [-0.39, 0.29) is 6.61 Å². The Morgan fingerprint density at radius 1 is 1.35 bits per heavy atom. The zero-order valence-corrected chi connectivity index (χ0v) is 10.5. The van der Waals surface area contributed by atoms with Crippen LogP contribution in [0, 0.1) is 12.3 Å². The van der Waals surface area contributed by atoms with Crippen molar-refractivity contribution in [3.05, 3.63) is 11.9 Å². The summed E-state index contributed by atoms with van der Waals surface area (Å²) in [4.78, 5) is 8.38. The quantitative estimate of drug-likeness (QED) is 0.734. The van der Waals surface area contributed by atoms with Gasteiger partial charge in [0.25, 0.3) is 0 Å². The molecule has 4 heteroatoms. The van der Waals surface area contributed by atoms with Crippen LogP contribution in [0.15, 0.2) is 6.33 Å². The molecule has 1 aromatic heterocycles. The fourth-order valence-corrected chi connectivity index (χ4v) is 1.50. The van der Waals surface area contributed by atoms with Crippen LogP contribution >= 0.6 is 0 Å². The second kappa shape index (κ2) is 7.50. The number of terminal acetylenes is 1. The lowest BCUT2D eigenvalue weighted by atomic mass is 10.1. The van der Waals surface area contributed by atoms with Gasteiger partial charge in [-0.1, -0.05) is 26.2 Å². The van der Waals surface area contributed by atoms with Gasteiger partial charge in [0.1, 0.15) is 12.1 Å². The van der Waals surface area contributed by atoms with Crippen molar-refractivity contribution in [3.8, 4) is 18.2 Å². The Balaban J connectivity index is 2.91. The Labute approximate surface area is 103 Å². The number of rotatable bonds is 7. The third-order valence-electron chi connectivity index (χ3n) is 2.24. The first-order valence-electron chi connectivity index (χ1n) is 5.97. The van der Waals surface area contributed by atoms with Crippen LogP contribution in [0.4, 0.5) is 5.82 Å². The van der Waals surface area contributed by atoms with Crippen LogP contribution in [-0.4, -0.2) is 23.1 Å². The van der Waals surface area contributed by atoms with Gasteiger partial charge in [-0.2, -0.15) is 0 Å². The lowest BCUT2D eigenvalue weighted by Crippen LogP contribution is -2.09. The van der Waals surface area contributed by atoms with Crippen LogP contribution in [0.1, 0.15) is 32.3 Å². The van der Waals surface area contributed by atoms with E-state index < -0.39 is 0 Å². The molecule has 0 aliphatic carbocycles. The molecule has 0 fully saturated rings. The highest BCUT2D eigenvalue weighted by Crippen LogP contribution is 2.23. The molecule has 4 nitrogen and oxygen atoms in total. The number of hydrogen-bond acceptors (Lipinski definition) is 4. The molecule has 1 heterocycles. The molecule has 92 valence electrons. The standard InChI is InChI=1S/C13H19N3O/c1-4-7-11-12(14-8-5-2)15-10-16-13(11)17-9-6-3/h3,10H,4-5,7-9H2,1-2H3,(H,14,15,16). The molecule has 0 amide bonds. The average molecular weight is 233 g/mol. The molecule has 1 N–H and O–H groups in total. The summed E-state index contributed by atoms with van der Waals surface area (Å²) in [7, 11) is 0. The van der Waals surface area contributed by atoms with Gasteiger partial charge in [0, 0.05) is 6.54 Å². The summed E-state index contributed by atoms with van der Waals surface area (Å²) in [6, 6.07) is 0. The molecule has 0 aliphatic heterocycles. The predicted octanol–water partition coefficient (Wildman–Crippen LogP) is 2.26. The predicted molar refractivity (Wildman–Crippen MR) is 69.1 cm³/mol. The van der Waals surface area contributed by atoms with Crippen LogP contribution in [0.2, 0.25) is 0 Å². The summed E-state index contributed by atoms with van der Waals surface area (Å²) in [5.74, 6) is 3.90. The minimum absolute atomic E-state index is 0.237. The minimum Gasteiger partial charge on any atom is -0.464 e. The highest BCUT2D eigenvalue weighted by atomic mass is 16.5. The first kappa shape index (κ1) is 13.3.